The minimum Gasteiger partial charge on any atom is -0.336 e. The summed E-state index contributed by atoms with van der Waals surface area (Å²) >= 11 is 7.30. The summed E-state index contributed by atoms with van der Waals surface area (Å²) in [5, 5.41) is 11.7. The Balaban J connectivity index is 1.84. The van der Waals surface area contributed by atoms with E-state index in [2.05, 4.69) is 15.5 Å². The van der Waals surface area contributed by atoms with Gasteiger partial charge in [-0.1, -0.05) is 35.5 Å². The third-order valence-electron chi connectivity index (χ3n) is 3.38. The van der Waals surface area contributed by atoms with Crippen LogP contribution in [0.25, 0.3) is 0 Å². The average molecular weight is 382 g/mol. The maximum atomic E-state index is 12.2. The number of hydrogen-bond donors (Lipinski definition) is 1. The van der Waals surface area contributed by atoms with Crippen LogP contribution in [-0.4, -0.2) is 50.8 Å². The highest BCUT2D eigenvalue weighted by molar-refractivity contribution is 7.99. The standard InChI is InChI=1S/C16H20ClN5O2S/c1-11(2)22-10-18-20-16(22)25-9-15(24)21(3)8-14(23)19-13-7-5-4-6-12(13)17/h4-7,10-11H,8-9H2,1-3H3,(H,19,23). The molecule has 134 valence electrons. The summed E-state index contributed by atoms with van der Waals surface area (Å²) in [6.07, 6.45) is 1.64. The fraction of sp³-hybridized carbons (Fsp3) is 0.375. The second-order valence-corrected chi connectivity index (χ2v) is 7.03. The Labute approximate surface area is 155 Å². The van der Waals surface area contributed by atoms with Crippen LogP contribution in [0.2, 0.25) is 5.02 Å². The molecular weight excluding hydrogens is 362 g/mol. The molecule has 0 saturated heterocycles. The first-order chi connectivity index (χ1) is 11.9. The van der Waals surface area contributed by atoms with Crippen molar-refractivity contribution in [2.24, 2.45) is 0 Å². The summed E-state index contributed by atoms with van der Waals surface area (Å²) in [5.74, 6) is -0.293. The number of nitrogens with one attached hydrogen (secondary N) is 1. The highest BCUT2D eigenvalue weighted by Gasteiger charge is 2.16. The van der Waals surface area contributed by atoms with E-state index in [4.69, 9.17) is 11.6 Å². The number of hydrogen-bond acceptors (Lipinski definition) is 5. The van der Waals surface area contributed by atoms with Gasteiger partial charge in [-0.05, 0) is 26.0 Å². The molecule has 0 bridgehead atoms. The summed E-state index contributed by atoms with van der Waals surface area (Å²) in [5.41, 5.74) is 0.523. The molecule has 0 spiro atoms. The van der Waals surface area contributed by atoms with Crippen molar-refractivity contribution in [1.29, 1.82) is 0 Å². The van der Waals surface area contributed by atoms with Gasteiger partial charge in [-0.3, -0.25) is 9.59 Å². The van der Waals surface area contributed by atoms with Crippen LogP contribution in [0.1, 0.15) is 19.9 Å². The number of carbonyl (C=O) groups excluding carboxylic acids is 2. The number of rotatable bonds is 7. The molecule has 2 rings (SSSR count). The fourth-order valence-corrected chi connectivity index (χ4v) is 3.15. The molecule has 0 aliphatic rings. The zero-order valence-electron chi connectivity index (χ0n) is 14.3. The topological polar surface area (TPSA) is 80.1 Å². The van der Waals surface area contributed by atoms with E-state index in [1.54, 1.807) is 37.6 Å². The van der Waals surface area contributed by atoms with Gasteiger partial charge < -0.3 is 14.8 Å². The van der Waals surface area contributed by atoms with Crippen LogP contribution < -0.4 is 5.32 Å². The molecule has 1 aromatic carbocycles. The molecule has 0 aliphatic heterocycles. The molecule has 7 nitrogen and oxygen atoms in total. The Morgan fingerprint density at radius 1 is 1.36 bits per heavy atom. The van der Waals surface area contributed by atoms with Crippen molar-refractivity contribution in [1.82, 2.24) is 19.7 Å². The number of amides is 2. The summed E-state index contributed by atoms with van der Waals surface area (Å²) in [7, 11) is 1.59. The van der Waals surface area contributed by atoms with Crippen molar-refractivity contribution >= 4 is 40.9 Å². The molecule has 0 aliphatic carbocycles. The van der Waals surface area contributed by atoms with E-state index < -0.39 is 0 Å². The number of benzene rings is 1. The second-order valence-electron chi connectivity index (χ2n) is 5.68. The molecule has 25 heavy (non-hydrogen) atoms. The van der Waals surface area contributed by atoms with E-state index in [1.807, 2.05) is 18.4 Å². The van der Waals surface area contributed by atoms with Crippen LogP contribution in [0.4, 0.5) is 5.69 Å². The summed E-state index contributed by atoms with van der Waals surface area (Å²) in [4.78, 5) is 25.6. The van der Waals surface area contributed by atoms with Gasteiger partial charge in [0.05, 0.1) is 23.0 Å². The molecule has 9 heteroatoms. The molecule has 1 heterocycles. The fourth-order valence-electron chi connectivity index (χ4n) is 1.98. The second kappa shape index (κ2) is 8.87. The SMILES string of the molecule is CC(C)n1cnnc1SCC(=O)N(C)CC(=O)Nc1ccccc1Cl. The Kier molecular flexibility index (Phi) is 6.83. The highest BCUT2D eigenvalue weighted by atomic mass is 35.5. The van der Waals surface area contributed by atoms with E-state index in [0.717, 1.165) is 0 Å². The van der Waals surface area contributed by atoms with E-state index in [9.17, 15) is 9.59 Å². The van der Waals surface area contributed by atoms with Gasteiger partial charge in [0, 0.05) is 13.1 Å². The third-order valence-corrected chi connectivity index (χ3v) is 4.65. The lowest BCUT2D eigenvalue weighted by molar-refractivity contribution is -0.131. The maximum Gasteiger partial charge on any atom is 0.244 e. The van der Waals surface area contributed by atoms with Crippen molar-refractivity contribution in [3.63, 3.8) is 0 Å². The maximum absolute atomic E-state index is 12.2. The Bertz CT molecular complexity index is 750. The molecule has 2 amide bonds. The predicted molar refractivity (Wildman–Crippen MR) is 98.8 cm³/mol. The molecule has 2 aromatic rings. The summed E-state index contributed by atoms with van der Waals surface area (Å²) < 4.78 is 1.89. The first kappa shape index (κ1) is 19.3. The lowest BCUT2D eigenvalue weighted by Crippen LogP contribution is -2.36. The number of para-hydroxylation sites is 1. The van der Waals surface area contributed by atoms with E-state index in [0.29, 0.717) is 15.9 Å². The molecule has 1 N–H and O–H groups in total. The van der Waals surface area contributed by atoms with Crippen molar-refractivity contribution in [3.05, 3.63) is 35.6 Å². The Hall–Kier alpha value is -2.06. The number of nitrogens with zero attached hydrogens (tertiary/aromatic N) is 4. The van der Waals surface area contributed by atoms with Crippen LogP contribution in [0, 0.1) is 0 Å². The minimum atomic E-state index is -0.306. The number of aromatic nitrogens is 3. The van der Waals surface area contributed by atoms with E-state index in [1.165, 1.54) is 16.7 Å². The van der Waals surface area contributed by atoms with Gasteiger partial charge in [-0.15, -0.1) is 10.2 Å². The van der Waals surface area contributed by atoms with Gasteiger partial charge in [-0.25, -0.2) is 0 Å². The number of likely N-dealkylation sites (N-methyl/N-ethyl adjacent to an activating group) is 1. The zero-order valence-corrected chi connectivity index (χ0v) is 15.8. The number of thioether (sulfide) groups is 1. The van der Waals surface area contributed by atoms with Crippen molar-refractivity contribution in [2.45, 2.75) is 25.0 Å². The largest absolute Gasteiger partial charge is 0.336 e. The molecule has 0 fully saturated rings. The molecule has 1 aromatic heterocycles. The van der Waals surface area contributed by atoms with Gasteiger partial charge in [-0.2, -0.15) is 0 Å². The Morgan fingerprint density at radius 3 is 2.76 bits per heavy atom. The quantitative estimate of drug-likeness (QED) is 0.746. The molecule has 0 radical (unpaired) electrons. The van der Waals surface area contributed by atoms with Gasteiger partial charge >= 0.3 is 0 Å². The van der Waals surface area contributed by atoms with Crippen LogP contribution in [0.5, 0.6) is 0 Å². The normalized spacial score (nSPS) is 10.8. The van der Waals surface area contributed by atoms with Crippen LogP contribution in [0.15, 0.2) is 35.7 Å². The summed E-state index contributed by atoms with van der Waals surface area (Å²) in [6, 6.07) is 7.16. The lowest BCUT2D eigenvalue weighted by Gasteiger charge is -2.17. The van der Waals surface area contributed by atoms with Crippen LogP contribution in [-0.2, 0) is 9.59 Å². The number of carbonyl (C=O) groups is 2. The first-order valence-electron chi connectivity index (χ1n) is 7.69. The molecule has 0 saturated carbocycles. The third kappa shape index (κ3) is 5.47. The molecule has 0 unspecified atom stereocenters. The van der Waals surface area contributed by atoms with Crippen molar-refractivity contribution < 1.29 is 9.59 Å². The number of halogens is 1. The van der Waals surface area contributed by atoms with Gasteiger partial charge in [0.15, 0.2) is 5.16 Å². The van der Waals surface area contributed by atoms with Gasteiger partial charge in [0.25, 0.3) is 0 Å². The zero-order chi connectivity index (χ0) is 18.4. The van der Waals surface area contributed by atoms with E-state index in [-0.39, 0.29) is 30.2 Å². The molecular formula is C16H20ClN5O2S. The van der Waals surface area contributed by atoms with Crippen molar-refractivity contribution in [2.75, 3.05) is 24.7 Å². The minimum absolute atomic E-state index is 0.0541. The van der Waals surface area contributed by atoms with Gasteiger partial charge in [0.1, 0.15) is 6.33 Å². The smallest absolute Gasteiger partial charge is 0.244 e. The predicted octanol–water partition coefficient (Wildman–Crippen LogP) is 2.70. The van der Waals surface area contributed by atoms with Crippen LogP contribution >= 0.6 is 23.4 Å². The lowest BCUT2D eigenvalue weighted by atomic mass is 10.3. The first-order valence-corrected chi connectivity index (χ1v) is 9.05. The number of anilines is 1. The average Bonchev–Trinajstić information content (AvgIpc) is 3.03. The monoisotopic (exact) mass is 381 g/mol. The molecule has 0 atom stereocenters. The van der Waals surface area contributed by atoms with Crippen molar-refractivity contribution in [3.8, 4) is 0 Å². The highest BCUT2D eigenvalue weighted by Crippen LogP contribution is 2.21. The van der Waals surface area contributed by atoms with Crippen LogP contribution in [0.3, 0.4) is 0 Å². The van der Waals surface area contributed by atoms with E-state index >= 15 is 0 Å². The summed E-state index contributed by atoms with van der Waals surface area (Å²) in [6.45, 7) is 3.97. The Morgan fingerprint density at radius 2 is 2.08 bits per heavy atom. The van der Waals surface area contributed by atoms with Gasteiger partial charge in [0.2, 0.25) is 11.8 Å².